The van der Waals surface area contributed by atoms with E-state index in [4.69, 9.17) is 0 Å². The van der Waals surface area contributed by atoms with E-state index in [1.165, 1.54) is 0 Å². The summed E-state index contributed by atoms with van der Waals surface area (Å²) in [4.78, 5) is 17.1. The molecule has 1 unspecified atom stereocenters. The van der Waals surface area contributed by atoms with Crippen molar-refractivity contribution < 1.29 is 5.11 Å². The minimum Gasteiger partial charge on any atom is -0.383 e. The van der Waals surface area contributed by atoms with Gasteiger partial charge in [-0.1, -0.05) is 0 Å². The second-order valence-electron chi connectivity index (χ2n) is 4.97. The van der Waals surface area contributed by atoms with Crippen molar-refractivity contribution in [3.63, 3.8) is 0 Å². The molecular formula is C14H18N4O. The van der Waals surface area contributed by atoms with Crippen LogP contribution in [-0.4, -0.2) is 25.0 Å². The predicted molar refractivity (Wildman–Crippen MR) is 71.5 cm³/mol. The van der Waals surface area contributed by atoms with Crippen LogP contribution in [0.5, 0.6) is 0 Å². The molecule has 2 aromatic rings. The third-order valence-corrected chi connectivity index (χ3v) is 3.21. The first-order chi connectivity index (χ1) is 8.90. The maximum Gasteiger partial charge on any atom is 0.111 e. The van der Waals surface area contributed by atoms with Crippen LogP contribution < -0.4 is 0 Å². The molecule has 0 aliphatic carbocycles. The van der Waals surface area contributed by atoms with Crippen LogP contribution in [0.2, 0.25) is 0 Å². The van der Waals surface area contributed by atoms with Crippen LogP contribution in [0.15, 0.2) is 18.6 Å². The van der Waals surface area contributed by atoms with E-state index in [0.717, 1.165) is 22.8 Å². The molecule has 0 fully saturated rings. The van der Waals surface area contributed by atoms with Gasteiger partial charge in [-0.05, 0) is 27.7 Å². The first kappa shape index (κ1) is 13.5. The SMILES string of the molecule is Cc1nc(C)c(CC(C)(O)c2cnccn2)nc1C. The van der Waals surface area contributed by atoms with Gasteiger partial charge in [-0.2, -0.15) is 0 Å². The standard InChI is InChI=1S/C14H18N4O/c1-9-10(2)18-12(11(3)17-9)7-14(4,19)13-8-15-5-6-16-13/h5-6,8,19H,7H2,1-4H3. The van der Waals surface area contributed by atoms with Crippen LogP contribution in [-0.2, 0) is 12.0 Å². The lowest BCUT2D eigenvalue weighted by Crippen LogP contribution is -2.27. The Morgan fingerprint density at radius 3 is 2.37 bits per heavy atom. The first-order valence-corrected chi connectivity index (χ1v) is 6.20. The molecular weight excluding hydrogens is 240 g/mol. The highest BCUT2D eigenvalue weighted by Crippen LogP contribution is 2.23. The van der Waals surface area contributed by atoms with E-state index >= 15 is 0 Å². The van der Waals surface area contributed by atoms with E-state index in [1.807, 2.05) is 20.8 Å². The van der Waals surface area contributed by atoms with Gasteiger partial charge in [-0.25, -0.2) is 0 Å². The second-order valence-corrected chi connectivity index (χ2v) is 4.97. The van der Waals surface area contributed by atoms with E-state index in [-0.39, 0.29) is 0 Å². The zero-order chi connectivity index (χ0) is 14.0. The summed E-state index contributed by atoms with van der Waals surface area (Å²) in [7, 11) is 0. The van der Waals surface area contributed by atoms with E-state index < -0.39 is 5.60 Å². The highest BCUT2D eigenvalue weighted by molar-refractivity contribution is 5.21. The van der Waals surface area contributed by atoms with Crippen LogP contribution >= 0.6 is 0 Å². The number of hydrogen-bond donors (Lipinski definition) is 1. The van der Waals surface area contributed by atoms with Crippen molar-refractivity contribution in [3.8, 4) is 0 Å². The summed E-state index contributed by atoms with van der Waals surface area (Å²) in [6, 6.07) is 0. The van der Waals surface area contributed by atoms with Gasteiger partial charge in [0.25, 0.3) is 0 Å². The average Bonchev–Trinajstić information content (AvgIpc) is 2.37. The number of aromatic nitrogens is 4. The van der Waals surface area contributed by atoms with Gasteiger partial charge < -0.3 is 5.11 Å². The van der Waals surface area contributed by atoms with Gasteiger partial charge in [0, 0.05) is 18.8 Å². The second kappa shape index (κ2) is 5.01. The van der Waals surface area contributed by atoms with Gasteiger partial charge in [-0.3, -0.25) is 19.9 Å². The van der Waals surface area contributed by atoms with Crippen LogP contribution in [0, 0.1) is 20.8 Å². The molecule has 0 aliphatic heterocycles. The van der Waals surface area contributed by atoms with Crippen LogP contribution in [0.4, 0.5) is 0 Å². The zero-order valence-corrected chi connectivity index (χ0v) is 11.7. The van der Waals surface area contributed by atoms with Gasteiger partial charge >= 0.3 is 0 Å². The number of hydrogen-bond acceptors (Lipinski definition) is 5. The highest BCUT2D eigenvalue weighted by Gasteiger charge is 2.27. The van der Waals surface area contributed by atoms with Crippen molar-refractivity contribution in [1.29, 1.82) is 0 Å². The highest BCUT2D eigenvalue weighted by atomic mass is 16.3. The Morgan fingerprint density at radius 2 is 1.74 bits per heavy atom. The molecule has 1 atom stereocenters. The minimum absolute atomic E-state index is 0.367. The maximum absolute atomic E-state index is 10.6. The molecule has 19 heavy (non-hydrogen) atoms. The fourth-order valence-corrected chi connectivity index (χ4v) is 1.92. The van der Waals surface area contributed by atoms with Gasteiger partial charge in [0.15, 0.2) is 0 Å². The molecule has 0 aromatic carbocycles. The van der Waals surface area contributed by atoms with E-state index in [2.05, 4.69) is 19.9 Å². The summed E-state index contributed by atoms with van der Waals surface area (Å²) < 4.78 is 0. The fraction of sp³-hybridized carbons (Fsp3) is 0.429. The summed E-state index contributed by atoms with van der Waals surface area (Å²) in [6.45, 7) is 7.47. The molecule has 5 nitrogen and oxygen atoms in total. The Kier molecular flexibility index (Phi) is 3.57. The number of aliphatic hydroxyl groups is 1. The Bertz CT molecular complexity index is 581. The molecule has 2 heterocycles. The summed E-state index contributed by atoms with van der Waals surface area (Å²) in [5.74, 6) is 0. The van der Waals surface area contributed by atoms with Crippen molar-refractivity contribution in [1.82, 2.24) is 19.9 Å². The third kappa shape index (κ3) is 2.93. The van der Waals surface area contributed by atoms with Gasteiger partial charge in [0.1, 0.15) is 5.60 Å². The lowest BCUT2D eigenvalue weighted by Gasteiger charge is -2.22. The Balaban J connectivity index is 2.33. The molecule has 0 saturated carbocycles. The first-order valence-electron chi connectivity index (χ1n) is 6.20. The Hall–Kier alpha value is -1.88. The maximum atomic E-state index is 10.6. The lowest BCUT2D eigenvalue weighted by molar-refractivity contribution is 0.0512. The topological polar surface area (TPSA) is 71.8 Å². The largest absolute Gasteiger partial charge is 0.383 e. The molecule has 0 spiro atoms. The molecule has 100 valence electrons. The van der Waals surface area contributed by atoms with Crippen LogP contribution in [0.25, 0.3) is 0 Å². The quantitative estimate of drug-likeness (QED) is 0.906. The zero-order valence-electron chi connectivity index (χ0n) is 11.7. The fourth-order valence-electron chi connectivity index (χ4n) is 1.92. The summed E-state index contributed by atoms with van der Waals surface area (Å²) >= 11 is 0. The molecule has 0 radical (unpaired) electrons. The molecule has 0 saturated heterocycles. The number of nitrogens with zero attached hydrogens (tertiary/aromatic N) is 4. The van der Waals surface area contributed by atoms with Crippen molar-refractivity contribution in [2.75, 3.05) is 0 Å². The van der Waals surface area contributed by atoms with Gasteiger partial charge in [0.2, 0.25) is 0 Å². The van der Waals surface area contributed by atoms with E-state index in [9.17, 15) is 5.11 Å². The van der Waals surface area contributed by atoms with Crippen molar-refractivity contribution in [2.24, 2.45) is 0 Å². The number of aryl methyl sites for hydroxylation is 3. The van der Waals surface area contributed by atoms with E-state index in [1.54, 1.807) is 25.5 Å². The molecule has 0 amide bonds. The molecule has 5 heteroatoms. The summed E-state index contributed by atoms with van der Waals surface area (Å²) in [5, 5.41) is 10.6. The molecule has 2 rings (SSSR count). The Labute approximate surface area is 112 Å². The lowest BCUT2D eigenvalue weighted by atomic mass is 9.95. The predicted octanol–water partition coefficient (Wildman–Crippen LogP) is 1.64. The van der Waals surface area contributed by atoms with Crippen molar-refractivity contribution >= 4 is 0 Å². The minimum atomic E-state index is -1.10. The van der Waals surface area contributed by atoms with E-state index in [0.29, 0.717) is 12.1 Å². The summed E-state index contributed by atoms with van der Waals surface area (Å²) in [5.41, 5.74) is 2.87. The normalized spacial score (nSPS) is 14.2. The average molecular weight is 258 g/mol. The summed E-state index contributed by atoms with van der Waals surface area (Å²) in [6.07, 6.45) is 5.10. The molecule has 0 bridgehead atoms. The third-order valence-electron chi connectivity index (χ3n) is 3.21. The van der Waals surface area contributed by atoms with Crippen LogP contribution in [0.1, 0.15) is 35.4 Å². The number of rotatable bonds is 3. The Morgan fingerprint density at radius 1 is 1.05 bits per heavy atom. The van der Waals surface area contributed by atoms with Gasteiger partial charge in [0.05, 0.1) is 34.7 Å². The monoisotopic (exact) mass is 258 g/mol. The van der Waals surface area contributed by atoms with Crippen molar-refractivity contribution in [2.45, 2.75) is 39.7 Å². The smallest absolute Gasteiger partial charge is 0.111 e. The molecule has 1 N–H and O–H groups in total. The van der Waals surface area contributed by atoms with Crippen molar-refractivity contribution in [3.05, 3.63) is 47.1 Å². The van der Waals surface area contributed by atoms with Crippen LogP contribution in [0.3, 0.4) is 0 Å². The molecule has 2 aromatic heterocycles. The molecule has 0 aliphatic rings. The van der Waals surface area contributed by atoms with Gasteiger partial charge in [-0.15, -0.1) is 0 Å².